The Bertz CT molecular complexity index is 331. The van der Waals surface area contributed by atoms with Crippen LogP contribution in [-0.2, 0) is 5.41 Å². The zero-order chi connectivity index (χ0) is 10.8. The smallest absolute Gasteiger partial charge is 0.358 e. The Balaban J connectivity index is 3.05. The molecule has 0 spiro atoms. The summed E-state index contributed by atoms with van der Waals surface area (Å²) in [5.74, 6) is -1.03. The number of nitrogens with one attached hydrogen (secondary N) is 1. The summed E-state index contributed by atoms with van der Waals surface area (Å²) in [6.07, 6.45) is 1.87. The van der Waals surface area contributed by atoms with Gasteiger partial charge in [0.15, 0.2) is 5.69 Å². The topological polar surface area (TPSA) is 78.9 Å². The van der Waals surface area contributed by atoms with Gasteiger partial charge in [-0.15, -0.1) is 5.10 Å². The van der Waals surface area contributed by atoms with Crippen LogP contribution >= 0.6 is 0 Å². The van der Waals surface area contributed by atoms with E-state index >= 15 is 0 Å². The number of carbonyl (C=O) groups is 1. The SMILES string of the molecule is CCCC(C)(C)c1n[nH]nc1C(=O)O. The lowest BCUT2D eigenvalue weighted by Gasteiger charge is -2.21. The van der Waals surface area contributed by atoms with E-state index in [-0.39, 0.29) is 11.1 Å². The Morgan fingerprint density at radius 2 is 2.14 bits per heavy atom. The predicted molar refractivity (Wildman–Crippen MR) is 51.3 cm³/mol. The minimum Gasteiger partial charge on any atom is -0.476 e. The van der Waals surface area contributed by atoms with Crippen molar-refractivity contribution >= 4 is 5.97 Å². The molecule has 1 aromatic heterocycles. The molecule has 78 valence electrons. The largest absolute Gasteiger partial charge is 0.476 e. The summed E-state index contributed by atoms with van der Waals surface area (Å²) in [6.45, 7) is 6.00. The maximum Gasteiger partial charge on any atom is 0.358 e. The summed E-state index contributed by atoms with van der Waals surface area (Å²) in [5.41, 5.74) is 0.324. The minimum atomic E-state index is -1.03. The van der Waals surface area contributed by atoms with Crippen molar-refractivity contribution in [2.45, 2.75) is 39.0 Å². The van der Waals surface area contributed by atoms with E-state index in [1.54, 1.807) is 0 Å². The van der Waals surface area contributed by atoms with Crippen LogP contribution in [0.1, 0.15) is 49.8 Å². The van der Waals surface area contributed by atoms with E-state index in [9.17, 15) is 4.79 Å². The van der Waals surface area contributed by atoms with Crippen molar-refractivity contribution in [1.29, 1.82) is 0 Å². The standard InChI is InChI=1S/C9H15N3O2/c1-4-5-9(2,3)7-6(8(13)14)10-12-11-7/h4-5H2,1-3H3,(H,13,14)(H,10,11,12). The number of carboxylic acid groups (broad SMARTS) is 1. The molecule has 14 heavy (non-hydrogen) atoms. The van der Waals surface area contributed by atoms with Gasteiger partial charge in [-0.3, -0.25) is 0 Å². The number of nitrogens with zero attached hydrogens (tertiary/aromatic N) is 2. The Morgan fingerprint density at radius 1 is 1.50 bits per heavy atom. The monoisotopic (exact) mass is 197 g/mol. The van der Waals surface area contributed by atoms with Crippen LogP contribution in [0.15, 0.2) is 0 Å². The van der Waals surface area contributed by atoms with Crippen LogP contribution in [0, 0.1) is 0 Å². The number of aromatic amines is 1. The van der Waals surface area contributed by atoms with Crippen molar-refractivity contribution < 1.29 is 9.90 Å². The highest BCUT2D eigenvalue weighted by molar-refractivity contribution is 5.86. The first-order valence-electron chi connectivity index (χ1n) is 4.63. The number of aromatic nitrogens is 3. The molecule has 2 N–H and O–H groups in total. The van der Waals surface area contributed by atoms with Crippen LogP contribution in [0.4, 0.5) is 0 Å². The van der Waals surface area contributed by atoms with Gasteiger partial charge in [-0.05, 0) is 6.42 Å². The summed E-state index contributed by atoms with van der Waals surface area (Å²) >= 11 is 0. The van der Waals surface area contributed by atoms with Gasteiger partial charge in [0.05, 0.1) is 0 Å². The van der Waals surface area contributed by atoms with Crippen molar-refractivity contribution in [3.05, 3.63) is 11.4 Å². The van der Waals surface area contributed by atoms with E-state index in [1.165, 1.54) is 0 Å². The van der Waals surface area contributed by atoms with Crippen molar-refractivity contribution in [3.8, 4) is 0 Å². The molecule has 1 rings (SSSR count). The van der Waals surface area contributed by atoms with Gasteiger partial charge in [0, 0.05) is 5.41 Å². The highest BCUT2D eigenvalue weighted by atomic mass is 16.4. The molecule has 0 bridgehead atoms. The van der Waals surface area contributed by atoms with Crippen molar-refractivity contribution in [3.63, 3.8) is 0 Å². The van der Waals surface area contributed by atoms with Gasteiger partial charge in [-0.25, -0.2) is 4.79 Å². The molecule has 1 heterocycles. The first-order valence-corrected chi connectivity index (χ1v) is 4.63. The van der Waals surface area contributed by atoms with E-state index in [2.05, 4.69) is 22.3 Å². The Hall–Kier alpha value is -1.39. The van der Waals surface area contributed by atoms with Gasteiger partial charge in [0.25, 0.3) is 0 Å². The average Bonchev–Trinajstić information content (AvgIpc) is 2.51. The van der Waals surface area contributed by atoms with Gasteiger partial charge >= 0.3 is 5.97 Å². The lowest BCUT2D eigenvalue weighted by molar-refractivity contribution is 0.0687. The van der Waals surface area contributed by atoms with Gasteiger partial charge in [0.1, 0.15) is 5.69 Å². The molecule has 5 nitrogen and oxygen atoms in total. The molecule has 0 fully saturated rings. The second-order valence-electron chi connectivity index (χ2n) is 3.96. The molecule has 0 aliphatic heterocycles. The van der Waals surface area contributed by atoms with Crippen molar-refractivity contribution in [1.82, 2.24) is 15.4 Å². The molecule has 0 aliphatic rings. The fourth-order valence-corrected chi connectivity index (χ4v) is 1.60. The van der Waals surface area contributed by atoms with Crippen LogP contribution in [-0.4, -0.2) is 26.5 Å². The second kappa shape index (κ2) is 3.77. The molecule has 0 amide bonds. The van der Waals surface area contributed by atoms with Gasteiger partial charge in [0.2, 0.25) is 0 Å². The van der Waals surface area contributed by atoms with E-state index in [1.807, 2.05) is 13.8 Å². The Kier molecular flexibility index (Phi) is 2.88. The van der Waals surface area contributed by atoms with E-state index < -0.39 is 5.97 Å². The minimum absolute atomic E-state index is 0.0310. The Morgan fingerprint density at radius 3 is 2.64 bits per heavy atom. The fraction of sp³-hybridized carbons (Fsp3) is 0.667. The number of hydrogen-bond acceptors (Lipinski definition) is 3. The molecular weight excluding hydrogens is 182 g/mol. The highest BCUT2D eigenvalue weighted by Gasteiger charge is 2.29. The van der Waals surface area contributed by atoms with E-state index in [0.717, 1.165) is 12.8 Å². The summed E-state index contributed by atoms with van der Waals surface area (Å²) in [5, 5.41) is 18.8. The van der Waals surface area contributed by atoms with Gasteiger partial charge in [-0.1, -0.05) is 27.2 Å². The van der Waals surface area contributed by atoms with Crippen LogP contribution < -0.4 is 0 Å². The lowest BCUT2D eigenvalue weighted by atomic mass is 9.83. The molecule has 0 unspecified atom stereocenters. The quantitative estimate of drug-likeness (QED) is 0.768. The molecule has 0 atom stereocenters. The maximum atomic E-state index is 10.8. The fourth-order valence-electron chi connectivity index (χ4n) is 1.60. The van der Waals surface area contributed by atoms with E-state index in [0.29, 0.717) is 5.69 Å². The van der Waals surface area contributed by atoms with Crippen LogP contribution in [0.25, 0.3) is 0 Å². The first kappa shape index (κ1) is 10.7. The third-order valence-electron chi connectivity index (χ3n) is 2.27. The summed E-state index contributed by atoms with van der Waals surface area (Å²) in [7, 11) is 0. The van der Waals surface area contributed by atoms with Gasteiger partial charge in [-0.2, -0.15) is 10.3 Å². The zero-order valence-corrected chi connectivity index (χ0v) is 8.66. The average molecular weight is 197 g/mol. The normalized spacial score (nSPS) is 11.6. The van der Waals surface area contributed by atoms with Crippen LogP contribution in [0.5, 0.6) is 0 Å². The number of hydrogen-bond donors (Lipinski definition) is 2. The lowest BCUT2D eigenvalue weighted by Crippen LogP contribution is -2.21. The maximum absolute atomic E-state index is 10.8. The molecule has 0 radical (unpaired) electrons. The molecule has 0 aromatic carbocycles. The van der Waals surface area contributed by atoms with Crippen LogP contribution in [0.2, 0.25) is 0 Å². The third kappa shape index (κ3) is 1.92. The van der Waals surface area contributed by atoms with E-state index in [4.69, 9.17) is 5.11 Å². The van der Waals surface area contributed by atoms with Crippen molar-refractivity contribution in [2.24, 2.45) is 0 Å². The van der Waals surface area contributed by atoms with Gasteiger partial charge < -0.3 is 5.11 Å². The summed E-state index contributed by atoms with van der Waals surface area (Å²) < 4.78 is 0. The molecule has 0 aliphatic carbocycles. The highest BCUT2D eigenvalue weighted by Crippen LogP contribution is 2.28. The molecule has 1 aromatic rings. The second-order valence-corrected chi connectivity index (χ2v) is 3.96. The summed E-state index contributed by atoms with van der Waals surface area (Å²) in [4.78, 5) is 10.8. The number of aromatic carboxylic acids is 1. The molecular formula is C9H15N3O2. The van der Waals surface area contributed by atoms with Crippen LogP contribution in [0.3, 0.4) is 0 Å². The number of rotatable bonds is 4. The summed E-state index contributed by atoms with van der Waals surface area (Å²) in [6, 6.07) is 0. The van der Waals surface area contributed by atoms with Crippen molar-refractivity contribution in [2.75, 3.05) is 0 Å². The molecule has 0 saturated carbocycles. The number of carboxylic acids is 1. The molecule has 0 saturated heterocycles. The first-order chi connectivity index (χ1) is 6.49. The molecule has 5 heteroatoms. The third-order valence-corrected chi connectivity index (χ3v) is 2.27. The Labute approximate surface area is 82.5 Å². The number of H-pyrrole nitrogens is 1. The predicted octanol–water partition coefficient (Wildman–Crippen LogP) is 1.58. The zero-order valence-electron chi connectivity index (χ0n) is 8.66.